The third-order valence-electron chi connectivity index (χ3n) is 9.64. The van der Waals surface area contributed by atoms with Crippen LogP contribution in [0.15, 0.2) is 36.7 Å². The molecule has 0 aliphatic carbocycles. The number of nitrogens with two attached hydrogens (primary N) is 1. The summed E-state index contributed by atoms with van der Waals surface area (Å²) in [4.78, 5) is 14.3. The highest BCUT2D eigenvalue weighted by Gasteiger charge is 2.35. The van der Waals surface area contributed by atoms with Crippen LogP contribution in [-0.4, -0.2) is 74.4 Å². The molecule has 0 radical (unpaired) electrons. The minimum absolute atomic E-state index is 0.0529. The number of halogens is 1. The van der Waals surface area contributed by atoms with Crippen LogP contribution in [0.25, 0.3) is 5.52 Å². The number of nitrogens with zero attached hydrogens (tertiary/aromatic N) is 5. The predicted octanol–water partition coefficient (Wildman–Crippen LogP) is 7.58. The number of nitriles is 2. The molecule has 0 aliphatic rings. The van der Waals surface area contributed by atoms with E-state index in [0.29, 0.717) is 12.1 Å². The number of hydrogen-bond donors (Lipinski definition) is 4. The molecule has 0 fully saturated rings. The molecular weight excluding hydrogens is 758 g/mol. The lowest BCUT2D eigenvalue weighted by Gasteiger charge is -2.25. The highest BCUT2D eigenvalue weighted by molar-refractivity contribution is 7.47. The van der Waals surface area contributed by atoms with E-state index in [2.05, 4.69) is 17.0 Å². The van der Waals surface area contributed by atoms with Gasteiger partial charge in [-0.05, 0) is 36.8 Å². The van der Waals surface area contributed by atoms with Gasteiger partial charge in [0.2, 0.25) is 0 Å². The molecule has 5 N–H and O–H groups in total. The van der Waals surface area contributed by atoms with Gasteiger partial charge in [-0.1, -0.05) is 103 Å². The van der Waals surface area contributed by atoms with Crippen LogP contribution >= 0.6 is 7.82 Å². The number of phosphoric acid groups is 1. The molecule has 57 heavy (non-hydrogen) atoms. The standard InChI is InChI=1S/C40H60FN6O9P/c1-2-3-4-5-6-7-8-9-10-11-12-13-14-15-16-17-22-52-26-33(53-25-32-23-31(24-42)18-19-34(32)41)27-55-57(50,51)56-28-37(54-29-43)39(49)38(48)35-20-21-36-40(44)45-30-46-47(35)36/h18-21,23,30,33,37-39,48-49H,2-17,22,25-28H2,1H3,(H,50,51)(H2,44,45,46)/t33-,37-,38+,39-/m1/s1. The Morgan fingerprint density at radius 3 is 2.11 bits per heavy atom. The fourth-order valence-corrected chi connectivity index (χ4v) is 7.07. The van der Waals surface area contributed by atoms with Crippen LogP contribution in [-0.2, 0) is 34.4 Å². The van der Waals surface area contributed by atoms with E-state index in [4.69, 9.17) is 34.3 Å². The number of rotatable bonds is 32. The van der Waals surface area contributed by atoms with E-state index in [9.17, 15) is 29.3 Å². The summed E-state index contributed by atoms with van der Waals surface area (Å²) in [5.41, 5.74) is 6.61. The Morgan fingerprint density at radius 2 is 1.49 bits per heavy atom. The van der Waals surface area contributed by atoms with E-state index in [-0.39, 0.29) is 35.9 Å². The van der Waals surface area contributed by atoms with Gasteiger partial charge >= 0.3 is 7.82 Å². The van der Waals surface area contributed by atoms with Crippen LogP contribution in [0.3, 0.4) is 0 Å². The molecule has 2 heterocycles. The second kappa shape index (κ2) is 27.1. The molecule has 15 nitrogen and oxygen atoms in total. The van der Waals surface area contributed by atoms with E-state index in [0.717, 1.165) is 31.7 Å². The Labute approximate surface area is 335 Å². The van der Waals surface area contributed by atoms with Gasteiger partial charge in [-0.15, -0.1) is 0 Å². The number of anilines is 1. The summed E-state index contributed by atoms with van der Waals surface area (Å²) >= 11 is 0. The zero-order chi connectivity index (χ0) is 41.3. The lowest BCUT2D eigenvalue weighted by Crippen LogP contribution is -2.37. The van der Waals surface area contributed by atoms with Crippen molar-refractivity contribution in [1.82, 2.24) is 14.6 Å². The summed E-state index contributed by atoms with van der Waals surface area (Å²) in [6.07, 6.45) is 16.4. The van der Waals surface area contributed by atoms with Crippen LogP contribution in [0.4, 0.5) is 10.2 Å². The number of nitrogen functional groups attached to an aromatic ring is 1. The molecule has 17 heteroatoms. The minimum atomic E-state index is -4.87. The Hall–Kier alpha value is -3.70. The van der Waals surface area contributed by atoms with Crippen molar-refractivity contribution in [3.63, 3.8) is 0 Å². The monoisotopic (exact) mass is 818 g/mol. The van der Waals surface area contributed by atoms with Gasteiger partial charge in [0.05, 0.1) is 43.8 Å². The zero-order valence-corrected chi connectivity index (χ0v) is 33.9. The van der Waals surface area contributed by atoms with Crippen molar-refractivity contribution in [2.24, 2.45) is 0 Å². The highest BCUT2D eigenvalue weighted by Crippen LogP contribution is 2.44. The third kappa shape index (κ3) is 17.8. The van der Waals surface area contributed by atoms with Crippen molar-refractivity contribution in [1.29, 1.82) is 10.5 Å². The topological polar surface area (TPSA) is 228 Å². The molecule has 316 valence electrons. The first-order valence-corrected chi connectivity index (χ1v) is 21.6. The number of aliphatic hydroxyl groups excluding tert-OH is 2. The molecule has 0 saturated heterocycles. The normalized spacial score (nSPS) is 14.7. The van der Waals surface area contributed by atoms with E-state index < -0.39 is 51.3 Å². The van der Waals surface area contributed by atoms with Crippen molar-refractivity contribution in [2.45, 2.75) is 141 Å². The molecule has 0 bridgehead atoms. The lowest BCUT2D eigenvalue weighted by atomic mass is 10.0. The SMILES string of the molecule is CCCCCCCCCCCCCCCCCCOC[C@H](COP(=O)(O)OC[C@@H](OC#N)[C@@H](O)[C@@H](O)c1ccc2c(N)ncnn12)OCc1cc(C#N)ccc1F. The van der Waals surface area contributed by atoms with E-state index in [1.165, 1.54) is 119 Å². The maximum atomic E-state index is 14.5. The molecular formula is C40H60FN6O9P. The molecule has 3 aromatic rings. The van der Waals surface area contributed by atoms with Gasteiger partial charge in [-0.25, -0.2) is 18.5 Å². The molecule has 2 aromatic heterocycles. The molecule has 1 unspecified atom stereocenters. The summed E-state index contributed by atoms with van der Waals surface area (Å²) in [5.74, 6) is -0.467. The van der Waals surface area contributed by atoms with Crippen LogP contribution in [0.5, 0.6) is 0 Å². The van der Waals surface area contributed by atoms with E-state index >= 15 is 0 Å². The number of fused-ring (bicyclic) bond motifs is 1. The van der Waals surface area contributed by atoms with Gasteiger partial charge in [0.1, 0.15) is 36.0 Å². The Bertz CT molecular complexity index is 1720. The van der Waals surface area contributed by atoms with Crippen molar-refractivity contribution < 1.29 is 47.3 Å². The fourth-order valence-electron chi connectivity index (χ4n) is 6.30. The molecule has 3 rings (SSSR count). The zero-order valence-electron chi connectivity index (χ0n) is 33.1. The first kappa shape index (κ1) is 47.7. The Balaban J connectivity index is 1.43. The number of unbranched alkanes of at least 4 members (excludes halogenated alkanes) is 15. The second-order valence-electron chi connectivity index (χ2n) is 14.2. The Kier molecular flexibility index (Phi) is 22.6. The summed E-state index contributed by atoms with van der Waals surface area (Å²) in [7, 11) is -4.87. The molecule has 1 aromatic carbocycles. The summed E-state index contributed by atoms with van der Waals surface area (Å²) in [5, 5.41) is 44.1. The number of phosphoric ester groups is 1. The van der Waals surface area contributed by atoms with E-state index in [1.807, 2.05) is 6.07 Å². The van der Waals surface area contributed by atoms with Crippen LogP contribution in [0, 0.1) is 28.7 Å². The average Bonchev–Trinajstić information content (AvgIpc) is 3.65. The number of ether oxygens (including phenoxy) is 3. The number of hydrogen-bond acceptors (Lipinski definition) is 13. The first-order valence-electron chi connectivity index (χ1n) is 20.1. The van der Waals surface area contributed by atoms with Crippen molar-refractivity contribution >= 4 is 19.2 Å². The summed E-state index contributed by atoms with van der Waals surface area (Å²) in [6.45, 7) is 0.972. The van der Waals surface area contributed by atoms with E-state index in [1.54, 1.807) is 0 Å². The minimum Gasteiger partial charge on any atom is -0.419 e. The maximum absolute atomic E-state index is 14.5. The van der Waals surface area contributed by atoms with Crippen molar-refractivity contribution in [2.75, 3.05) is 32.2 Å². The fraction of sp³-hybridized carbons (Fsp3) is 0.650. The van der Waals surface area contributed by atoms with Gasteiger partial charge < -0.3 is 35.1 Å². The third-order valence-corrected chi connectivity index (χ3v) is 10.6. The smallest absolute Gasteiger partial charge is 0.419 e. The van der Waals surface area contributed by atoms with Gasteiger partial charge in [0.15, 0.2) is 11.9 Å². The van der Waals surface area contributed by atoms with Gasteiger partial charge in [0.25, 0.3) is 6.26 Å². The van der Waals surface area contributed by atoms with Gasteiger partial charge in [-0.3, -0.25) is 9.05 Å². The van der Waals surface area contributed by atoms with Crippen LogP contribution in [0.1, 0.15) is 133 Å². The molecule has 0 aliphatic heterocycles. The molecule has 0 spiro atoms. The number of aliphatic hydroxyl groups is 2. The quantitative estimate of drug-likeness (QED) is 0.0271. The summed E-state index contributed by atoms with van der Waals surface area (Å²) < 4.78 is 55.3. The van der Waals surface area contributed by atoms with Crippen molar-refractivity contribution in [3.8, 4) is 12.3 Å². The van der Waals surface area contributed by atoms with Gasteiger partial charge in [0, 0.05) is 12.2 Å². The largest absolute Gasteiger partial charge is 0.472 e. The first-order chi connectivity index (χ1) is 27.6. The van der Waals surface area contributed by atoms with Gasteiger partial charge in [-0.2, -0.15) is 15.6 Å². The molecule has 0 saturated carbocycles. The summed E-state index contributed by atoms with van der Waals surface area (Å²) in [6, 6.07) is 8.74. The number of benzene rings is 1. The van der Waals surface area contributed by atoms with Crippen LogP contribution < -0.4 is 5.73 Å². The molecule has 0 amide bonds. The highest BCUT2D eigenvalue weighted by atomic mass is 31.2. The molecule has 5 atom stereocenters. The van der Waals surface area contributed by atoms with Crippen molar-refractivity contribution in [3.05, 3.63) is 59.3 Å². The van der Waals surface area contributed by atoms with Crippen LogP contribution in [0.2, 0.25) is 0 Å². The maximum Gasteiger partial charge on any atom is 0.472 e. The Morgan fingerprint density at radius 1 is 0.877 bits per heavy atom. The second-order valence-corrected chi connectivity index (χ2v) is 15.6. The number of aromatic nitrogens is 3. The lowest BCUT2D eigenvalue weighted by molar-refractivity contribution is -0.0821. The predicted molar refractivity (Wildman–Crippen MR) is 211 cm³/mol. The average molecular weight is 819 g/mol.